The van der Waals surface area contributed by atoms with Crippen molar-refractivity contribution in [2.75, 3.05) is 18.1 Å². The van der Waals surface area contributed by atoms with Crippen molar-refractivity contribution in [3.05, 3.63) is 71.0 Å². The van der Waals surface area contributed by atoms with E-state index in [1.807, 2.05) is 6.92 Å². The number of carbonyl (C=O) groups excluding carboxylic acids is 2. The van der Waals surface area contributed by atoms with Crippen LogP contribution in [0.25, 0.3) is 5.76 Å². The van der Waals surface area contributed by atoms with E-state index in [4.69, 9.17) is 4.74 Å². The average Bonchev–Trinajstić information content (AvgIpc) is 3.25. The third-order valence-corrected chi connectivity index (χ3v) is 7.47. The van der Waals surface area contributed by atoms with Crippen LogP contribution in [0.15, 0.2) is 54.1 Å². The van der Waals surface area contributed by atoms with Gasteiger partial charge in [0.1, 0.15) is 17.3 Å². The number of Topliss-reactive ketones (excluding diaryl/α,β-unsaturated/α-hetero) is 1. The number of likely N-dealkylation sites (tertiary alicyclic amines) is 1. The van der Waals surface area contributed by atoms with Gasteiger partial charge in [-0.15, -0.1) is 0 Å². The number of nitrogens with zero attached hydrogens (tertiary/aromatic N) is 1. The van der Waals surface area contributed by atoms with Crippen LogP contribution in [0.1, 0.15) is 30.5 Å². The van der Waals surface area contributed by atoms with Crippen molar-refractivity contribution in [3.8, 4) is 5.75 Å². The van der Waals surface area contributed by atoms with E-state index in [0.29, 0.717) is 12.4 Å². The maximum Gasteiger partial charge on any atom is 0.295 e. The number of hydrogen-bond acceptors (Lipinski definition) is 6. The van der Waals surface area contributed by atoms with Crippen LogP contribution in [0.3, 0.4) is 0 Å². The number of halogens is 1. The Bertz CT molecular complexity index is 1210. The molecule has 2 unspecified atom stereocenters. The quantitative estimate of drug-likeness (QED) is 0.419. The van der Waals surface area contributed by atoms with Crippen LogP contribution in [0.2, 0.25) is 0 Å². The molecule has 2 aliphatic heterocycles. The molecule has 0 saturated carbocycles. The summed E-state index contributed by atoms with van der Waals surface area (Å²) in [4.78, 5) is 27.1. The Morgan fingerprint density at radius 2 is 1.84 bits per heavy atom. The zero-order chi connectivity index (χ0) is 23.0. The second-order valence-electron chi connectivity index (χ2n) is 7.74. The highest BCUT2D eigenvalue weighted by atomic mass is 32.2. The molecule has 0 aliphatic carbocycles. The molecule has 9 heteroatoms. The van der Waals surface area contributed by atoms with Crippen LogP contribution in [-0.4, -0.2) is 54.3 Å². The van der Waals surface area contributed by atoms with Crippen LogP contribution in [0.5, 0.6) is 5.75 Å². The monoisotopic (exact) mass is 459 g/mol. The molecule has 0 aromatic heterocycles. The molecule has 2 aromatic carbocycles. The van der Waals surface area contributed by atoms with Gasteiger partial charge in [0.05, 0.1) is 29.7 Å². The lowest BCUT2D eigenvalue weighted by Crippen LogP contribution is -2.40. The Hall–Kier alpha value is -3.20. The van der Waals surface area contributed by atoms with Crippen LogP contribution in [-0.2, 0) is 19.4 Å². The average molecular weight is 459 g/mol. The lowest BCUT2D eigenvalue weighted by atomic mass is 9.94. The molecule has 2 aromatic rings. The standard InChI is InChI=1S/C23H22FNO6S/c1-2-31-16-9-7-14(8-10-16)21(26)19-20(17-5-3-4-6-18(17)24)25(23(28)22(19)27)15-11-12-32(29,30)13-15/h3-10,15,20,26H,2,11-13H2,1H3/b21-19-. The molecule has 0 radical (unpaired) electrons. The number of amides is 1. The fourth-order valence-corrected chi connectivity index (χ4v) is 5.97. The van der Waals surface area contributed by atoms with Gasteiger partial charge in [0.15, 0.2) is 9.84 Å². The first-order valence-electron chi connectivity index (χ1n) is 10.2. The van der Waals surface area contributed by atoms with Gasteiger partial charge in [-0.1, -0.05) is 18.2 Å². The summed E-state index contributed by atoms with van der Waals surface area (Å²) in [6.07, 6.45) is 0.142. The predicted molar refractivity (Wildman–Crippen MR) is 115 cm³/mol. The highest BCUT2D eigenvalue weighted by Gasteiger charge is 2.51. The maximum absolute atomic E-state index is 14.8. The largest absolute Gasteiger partial charge is 0.507 e. The molecule has 2 saturated heterocycles. The Morgan fingerprint density at radius 3 is 2.44 bits per heavy atom. The summed E-state index contributed by atoms with van der Waals surface area (Å²) in [6.45, 7) is 2.28. The Morgan fingerprint density at radius 1 is 1.16 bits per heavy atom. The third kappa shape index (κ3) is 3.88. The molecule has 2 aliphatic rings. The van der Waals surface area contributed by atoms with Gasteiger partial charge in [0.2, 0.25) is 0 Å². The molecule has 168 valence electrons. The van der Waals surface area contributed by atoms with Gasteiger partial charge in [0, 0.05) is 17.2 Å². The summed E-state index contributed by atoms with van der Waals surface area (Å²) in [7, 11) is -3.38. The molecular formula is C23H22FNO6S. The first kappa shape index (κ1) is 22.0. The fourth-order valence-electron chi connectivity index (χ4n) is 4.25. The first-order chi connectivity index (χ1) is 15.2. The summed E-state index contributed by atoms with van der Waals surface area (Å²) in [5, 5.41) is 11.0. The zero-order valence-electron chi connectivity index (χ0n) is 17.3. The number of benzene rings is 2. The number of ether oxygens (including phenoxy) is 1. The lowest BCUT2D eigenvalue weighted by Gasteiger charge is -2.30. The Balaban J connectivity index is 1.86. The van der Waals surface area contributed by atoms with E-state index in [-0.39, 0.29) is 34.6 Å². The molecule has 2 fully saturated rings. The van der Waals surface area contributed by atoms with Crippen LogP contribution >= 0.6 is 0 Å². The van der Waals surface area contributed by atoms with Crippen LogP contribution in [0, 0.1) is 5.82 Å². The van der Waals surface area contributed by atoms with Gasteiger partial charge in [-0.3, -0.25) is 9.59 Å². The van der Waals surface area contributed by atoms with Gasteiger partial charge >= 0.3 is 0 Å². The highest BCUT2D eigenvalue weighted by molar-refractivity contribution is 7.91. The normalized spacial score (nSPS) is 24.1. The summed E-state index contributed by atoms with van der Waals surface area (Å²) < 4.78 is 44.3. The van der Waals surface area contributed by atoms with E-state index in [1.54, 1.807) is 18.2 Å². The van der Waals surface area contributed by atoms with Crippen LogP contribution in [0.4, 0.5) is 4.39 Å². The highest BCUT2D eigenvalue weighted by Crippen LogP contribution is 2.43. The van der Waals surface area contributed by atoms with Gasteiger partial charge in [0.25, 0.3) is 11.7 Å². The number of aliphatic hydroxyl groups is 1. The summed E-state index contributed by atoms with van der Waals surface area (Å²) >= 11 is 0. The van der Waals surface area contributed by atoms with Gasteiger partial charge in [-0.2, -0.15) is 0 Å². The molecule has 2 atom stereocenters. The van der Waals surface area contributed by atoms with Crippen molar-refractivity contribution in [1.82, 2.24) is 4.90 Å². The van der Waals surface area contributed by atoms with Crippen molar-refractivity contribution >= 4 is 27.3 Å². The van der Waals surface area contributed by atoms with Gasteiger partial charge in [-0.05, 0) is 43.7 Å². The maximum atomic E-state index is 14.8. The first-order valence-corrected chi connectivity index (χ1v) is 12.0. The van der Waals surface area contributed by atoms with Crippen molar-refractivity contribution in [3.63, 3.8) is 0 Å². The molecule has 32 heavy (non-hydrogen) atoms. The predicted octanol–water partition coefficient (Wildman–Crippen LogP) is 2.83. The number of ketones is 1. The topological polar surface area (TPSA) is 101 Å². The second kappa shape index (κ2) is 8.38. The van der Waals surface area contributed by atoms with Crippen molar-refractivity contribution in [2.45, 2.75) is 25.4 Å². The lowest BCUT2D eigenvalue weighted by molar-refractivity contribution is -0.141. The molecular weight excluding hydrogens is 437 g/mol. The Kier molecular flexibility index (Phi) is 5.77. The molecule has 2 heterocycles. The molecule has 0 bridgehead atoms. The second-order valence-corrected chi connectivity index (χ2v) is 9.97. The van der Waals surface area contributed by atoms with Crippen molar-refractivity contribution < 1.29 is 32.2 Å². The van der Waals surface area contributed by atoms with E-state index < -0.39 is 45.2 Å². The summed E-state index contributed by atoms with van der Waals surface area (Å²) in [6, 6.07) is 9.90. The number of carbonyl (C=O) groups is 2. The SMILES string of the molecule is CCOc1ccc(/C(O)=C2/C(=O)C(=O)N(C3CCS(=O)(=O)C3)C2c2ccccc2F)cc1. The zero-order valence-corrected chi connectivity index (χ0v) is 18.1. The minimum atomic E-state index is -3.38. The van der Waals surface area contributed by atoms with Crippen molar-refractivity contribution in [2.24, 2.45) is 0 Å². The number of aliphatic hydroxyl groups excluding tert-OH is 1. The van der Waals surface area contributed by atoms with E-state index in [0.717, 1.165) is 4.90 Å². The van der Waals surface area contributed by atoms with E-state index in [1.165, 1.54) is 30.3 Å². The molecule has 0 spiro atoms. The van der Waals surface area contributed by atoms with Crippen molar-refractivity contribution in [1.29, 1.82) is 0 Å². The molecule has 1 N–H and O–H groups in total. The van der Waals surface area contributed by atoms with E-state index >= 15 is 0 Å². The Labute approximate surface area is 185 Å². The summed E-state index contributed by atoms with van der Waals surface area (Å²) in [5.74, 6) is -2.92. The summed E-state index contributed by atoms with van der Waals surface area (Å²) in [5.41, 5.74) is 0.00359. The van der Waals surface area contributed by atoms with Gasteiger partial charge in [-0.25, -0.2) is 12.8 Å². The van der Waals surface area contributed by atoms with E-state index in [9.17, 15) is 27.5 Å². The van der Waals surface area contributed by atoms with Gasteiger partial charge < -0.3 is 14.7 Å². The smallest absolute Gasteiger partial charge is 0.295 e. The minimum absolute atomic E-state index is 0.0171. The fraction of sp³-hybridized carbons (Fsp3) is 0.304. The molecule has 1 amide bonds. The number of hydrogen-bond donors (Lipinski definition) is 1. The third-order valence-electron chi connectivity index (χ3n) is 5.72. The van der Waals surface area contributed by atoms with Crippen LogP contribution < -0.4 is 4.74 Å². The minimum Gasteiger partial charge on any atom is -0.507 e. The number of sulfone groups is 1. The van der Waals surface area contributed by atoms with E-state index in [2.05, 4.69) is 0 Å². The number of rotatable bonds is 5. The molecule has 4 rings (SSSR count). The molecule has 7 nitrogen and oxygen atoms in total.